The Kier molecular flexibility index (Phi) is 5.12. The van der Waals surface area contributed by atoms with E-state index in [1.807, 2.05) is 50.2 Å². The van der Waals surface area contributed by atoms with E-state index in [4.69, 9.17) is 0 Å². The van der Waals surface area contributed by atoms with Crippen LogP contribution in [0.2, 0.25) is 0 Å². The predicted octanol–water partition coefficient (Wildman–Crippen LogP) is 4.64. The Labute approximate surface area is 155 Å². The van der Waals surface area contributed by atoms with Gasteiger partial charge in [0.2, 0.25) is 11.8 Å². The molecule has 1 fully saturated rings. The third-order valence-electron chi connectivity index (χ3n) is 4.80. The monoisotopic (exact) mass is 350 g/mol. The summed E-state index contributed by atoms with van der Waals surface area (Å²) in [6, 6.07) is 13.8. The normalized spacial score (nSPS) is 18.5. The lowest BCUT2D eigenvalue weighted by Gasteiger charge is -2.09. The van der Waals surface area contributed by atoms with Crippen LogP contribution in [0.5, 0.6) is 0 Å². The molecule has 2 atom stereocenters. The maximum absolute atomic E-state index is 12.4. The first kappa shape index (κ1) is 18.2. The molecular formula is C22H26N2O2. The van der Waals surface area contributed by atoms with Gasteiger partial charge < -0.3 is 10.6 Å². The molecule has 0 bridgehead atoms. The molecule has 2 aromatic rings. The average molecular weight is 350 g/mol. The lowest BCUT2D eigenvalue weighted by molar-refractivity contribution is -0.122. The van der Waals surface area contributed by atoms with Gasteiger partial charge >= 0.3 is 0 Å². The van der Waals surface area contributed by atoms with Crippen molar-refractivity contribution in [3.63, 3.8) is 0 Å². The highest BCUT2D eigenvalue weighted by Crippen LogP contribution is 2.40. The van der Waals surface area contributed by atoms with Crippen molar-refractivity contribution < 1.29 is 9.59 Å². The summed E-state index contributed by atoms with van der Waals surface area (Å²) in [5.74, 6) is -0.189. The molecule has 136 valence electrons. The minimum Gasteiger partial charge on any atom is -0.326 e. The Balaban J connectivity index is 1.55. The first-order valence-corrected chi connectivity index (χ1v) is 9.13. The molecule has 4 nitrogen and oxygen atoms in total. The molecule has 2 N–H and O–H groups in total. The van der Waals surface area contributed by atoms with Gasteiger partial charge in [0.15, 0.2) is 0 Å². The number of rotatable bonds is 5. The van der Waals surface area contributed by atoms with E-state index >= 15 is 0 Å². The van der Waals surface area contributed by atoms with E-state index in [0.29, 0.717) is 12.3 Å². The molecule has 1 saturated carbocycles. The topological polar surface area (TPSA) is 58.2 Å². The van der Waals surface area contributed by atoms with Crippen LogP contribution in [0.3, 0.4) is 0 Å². The SMILES string of the molecule is Cc1cc(C)cc(NC(=O)C2CC2C(=O)Nc2ccc(C(C)C)cc2)c1. The Morgan fingerprint density at radius 2 is 1.35 bits per heavy atom. The van der Waals surface area contributed by atoms with Gasteiger partial charge in [-0.2, -0.15) is 0 Å². The van der Waals surface area contributed by atoms with Crippen molar-refractivity contribution in [2.24, 2.45) is 11.8 Å². The van der Waals surface area contributed by atoms with Crippen LogP contribution in [0.15, 0.2) is 42.5 Å². The van der Waals surface area contributed by atoms with Gasteiger partial charge in [-0.1, -0.05) is 32.0 Å². The minimum absolute atomic E-state index is 0.0784. The molecule has 3 rings (SSSR count). The summed E-state index contributed by atoms with van der Waals surface area (Å²) < 4.78 is 0. The summed E-state index contributed by atoms with van der Waals surface area (Å²) in [7, 11) is 0. The highest BCUT2D eigenvalue weighted by Gasteiger charge is 2.48. The zero-order valence-electron chi connectivity index (χ0n) is 15.8. The summed E-state index contributed by atoms with van der Waals surface area (Å²) in [6.45, 7) is 8.27. The van der Waals surface area contributed by atoms with Crippen molar-refractivity contribution in [3.05, 3.63) is 59.2 Å². The third kappa shape index (κ3) is 4.31. The van der Waals surface area contributed by atoms with E-state index in [2.05, 4.69) is 30.5 Å². The number of hydrogen-bond donors (Lipinski definition) is 2. The van der Waals surface area contributed by atoms with Crippen LogP contribution in [0.25, 0.3) is 0 Å². The number of nitrogens with one attached hydrogen (secondary N) is 2. The van der Waals surface area contributed by atoms with Crippen molar-refractivity contribution in [2.75, 3.05) is 10.6 Å². The van der Waals surface area contributed by atoms with Crippen LogP contribution in [0.4, 0.5) is 11.4 Å². The van der Waals surface area contributed by atoms with E-state index in [1.165, 1.54) is 5.56 Å². The number of aryl methyl sites for hydroxylation is 2. The van der Waals surface area contributed by atoms with Crippen molar-refractivity contribution >= 4 is 23.2 Å². The van der Waals surface area contributed by atoms with E-state index in [0.717, 1.165) is 22.5 Å². The first-order valence-electron chi connectivity index (χ1n) is 9.13. The van der Waals surface area contributed by atoms with Crippen molar-refractivity contribution in [1.82, 2.24) is 0 Å². The average Bonchev–Trinajstić information content (AvgIpc) is 3.35. The molecule has 0 radical (unpaired) electrons. The highest BCUT2D eigenvalue weighted by atomic mass is 16.2. The van der Waals surface area contributed by atoms with Crippen LogP contribution in [0, 0.1) is 25.7 Å². The molecule has 0 aliphatic heterocycles. The van der Waals surface area contributed by atoms with E-state index in [-0.39, 0.29) is 23.7 Å². The molecule has 0 spiro atoms. The zero-order chi connectivity index (χ0) is 18.8. The predicted molar refractivity (Wildman–Crippen MR) is 105 cm³/mol. The van der Waals surface area contributed by atoms with Crippen LogP contribution < -0.4 is 10.6 Å². The van der Waals surface area contributed by atoms with Gasteiger partial charge in [0.25, 0.3) is 0 Å². The quantitative estimate of drug-likeness (QED) is 0.825. The molecule has 1 aliphatic carbocycles. The number of carbonyl (C=O) groups excluding carboxylic acids is 2. The van der Waals surface area contributed by atoms with Gasteiger partial charge in [-0.15, -0.1) is 0 Å². The van der Waals surface area contributed by atoms with E-state index in [1.54, 1.807) is 0 Å². The summed E-state index contributed by atoms with van der Waals surface area (Å²) in [5.41, 5.74) is 5.02. The molecule has 0 heterocycles. The Bertz CT molecular complexity index is 804. The Hall–Kier alpha value is -2.62. The molecule has 26 heavy (non-hydrogen) atoms. The summed E-state index contributed by atoms with van der Waals surface area (Å²) >= 11 is 0. The molecular weight excluding hydrogens is 324 g/mol. The molecule has 4 heteroatoms. The second-order valence-corrected chi connectivity index (χ2v) is 7.58. The lowest BCUT2D eigenvalue weighted by atomic mass is 10.0. The van der Waals surface area contributed by atoms with E-state index in [9.17, 15) is 9.59 Å². The van der Waals surface area contributed by atoms with Gasteiger partial charge in [-0.3, -0.25) is 9.59 Å². The zero-order valence-corrected chi connectivity index (χ0v) is 15.8. The van der Waals surface area contributed by atoms with E-state index < -0.39 is 0 Å². The maximum Gasteiger partial charge on any atom is 0.228 e. The van der Waals surface area contributed by atoms with Gasteiger partial charge in [-0.05, 0) is 67.1 Å². The van der Waals surface area contributed by atoms with Gasteiger partial charge in [-0.25, -0.2) is 0 Å². The smallest absolute Gasteiger partial charge is 0.228 e. The van der Waals surface area contributed by atoms with Gasteiger partial charge in [0, 0.05) is 11.4 Å². The fourth-order valence-corrected chi connectivity index (χ4v) is 3.24. The van der Waals surface area contributed by atoms with Crippen LogP contribution >= 0.6 is 0 Å². The number of carbonyl (C=O) groups is 2. The largest absolute Gasteiger partial charge is 0.326 e. The molecule has 0 saturated heterocycles. The van der Waals surface area contributed by atoms with Crippen LogP contribution in [-0.4, -0.2) is 11.8 Å². The first-order chi connectivity index (χ1) is 12.3. The van der Waals surface area contributed by atoms with Crippen molar-refractivity contribution in [1.29, 1.82) is 0 Å². The summed E-state index contributed by atoms with van der Waals surface area (Å²) in [4.78, 5) is 24.8. The fraction of sp³-hybridized carbons (Fsp3) is 0.364. The number of benzene rings is 2. The molecule has 2 unspecified atom stereocenters. The van der Waals surface area contributed by atoms with Crippen LogP contribution in [-0.2, 0) is 9.59 Å². The standard InChI is InChI=1S/C22H26N2O2/c1-13(2)16-5-7-17(8-6-16)23-21(25)19-12-20(19)22(26)24-18-10-14(3)9-15(4)11-18/h5-11,13,19-20H,12H2,1-4H3,(H,23,25)(H,24,26). The van der Waals surface area contributed by atoms with Crippen molar-refractivity contribution in [2.45, 2.75) is 40.0 Å². The van der Waals surface area contributed by atoms with Gasteiger partial charge in [0.1, 0.15) is 0 Å². The maximum atomic E-state index is 12.4. The number of amides is 2. The summed E-state index contributed by atoms with van der Waals surface area (Å²) in [5, 5.41) is 5.85. The van der Waals surface area contributed by atoms with Crippen LogP contribution in [0.1, 0.15) is 42.9 Å². The third-order valence-corrected chi connectivity index (χ3v) is 4.80. The highest BCUT2D eigenvalue weighted by molar-refractivity contribution is 6.03. The number of hydrogen-bond acceptors (Lipinski definition) is 2. The molecule has 0 aromatic heterocycles. The fourth-order valence-electron chi connectivity index (χ4n) is 3.24. The second-order valence-electron chi connectivity index (χ2n) is 7.58. The minimum atomic E-state index is -0.245. The van der Waals surface area contributed by atoms with Gasteiger partial charge in [0.05, 0.1) is 11.8 Å². The molecule has 2 amide bonds. The van der Waals surface area contributed by atoms with Crippen molar-refractivity contribution in [3.8, 4) is 0 Å². The second kappa shape index (κ2) is 7.32. The lowest BCUT2D eigenvalue weighted by Crippen LogP contribution is -2.20. The summed E-state index contributed by atoms with van der Waals surface area (Å²) in [6.07, 6.45) is 0.604. The molecule has 1 aliphatic rings. The Morgan fingerprint density at radius 1 is 0.846 bits per heavy atom. The Morgan fingerprint density at radius 3 is 1.85 bits per heavy atom. The molecule has 2 aromatic carbocycles. The number of anilines is 2.